The number of para-hydroxylation sites is 1. The van der Waals surface area contributed by atoms with Gasteiger partial charge in [0.1, 0.15) is 12.4 Å². The third-order valence-corrected chi connectivity index (χ3v) is 3.46. The third kappa shape index (κ3) is 3.49. The zero-order chi connectivity index (χ0) is 16.1. The number of fused-ring (bicyclic) bond motifs is 1. The molecule has 0 radical (unpaired) electrons. The van der Waals surface area contributed by atoms with Gasteiger partial charge in [-0.15, -0.1) is 0 Å². The van der Waals surface area contributed by atoms with Crippen molar-refractivity contribution >= 4 is 16.8 Å². The van der Waals surface area contributed by atoms with E-state index in [0.29, 0.717) is 17.9 Å². The average molecular weight is 311 g/mol. The maximum atomic E-state index is 12.3. The van der Waals surface area contributed by atoms with E-state index >= 15 is 0 Å². The first kappa shape index (κ1) is 15.1. The topological polar surface area (TPSA) is 87.2 Å². The smallest absolute Gasteiger partial charge is 0.251 e. The summed E-state index contributed by atoms with van der Waals surface area (Å²) < 4.78 is 5.46. The van der Waals surface area contributed by atoms with Crippen LogP contribution in [0.5, 0.6) is 5.75 Å². The molecule has 6 heteroatoms. The highest BCUT2D eigenvalue weighted by atomic mass is 16.5. The highest BCUT2D eigenvalue weighted by Gasteiger charge is 2.09. The molecule has 3 N–H and O–H groups in total. The predicted molar refractivity (Wildman–Crippen MR) is 86.3 cm³/mol. The molecule has 1 aromatic heterocycles. The van der Waals surface area contributed by atoms with E-state index < -0.39 is 0 Å². The monoisotopic (exact) mass is 311 g/mol. The van der Waals surface area contributed by atoms with Crippen molar-refractivity contribution in [3.05, 3.63) is 59.8 Å². The van der Waals surface area contributed by atoms with Crippen LogP contribution in [-0.2, 0) is 6.54 Å². The molecule has 0 fully saturated rings. The molecule has 0 saturated carbocycles. The fourth-order valence-electron chi connectivity index (χ4n) is 2.31. The number of aromatic amines is 1. The molecule has 0 spiro atoms. The number of carbonyl (C=O) groups is 1. The normalized spacial score (nSPS) is 10.7. The van der Waals surface area contributed by atoms with Crippen molar-refractivity contribution < 1.29 is 14.6 Å². The molecular formula is C17H17N3O3. The minimum absolute atomic E-state index is 0.0502. The maximum absolute atomic E-state index is 12.3. The van der Waals surface area contributed by atoms with E-state index in [1.807, 2.05) is 30.3 Å². The summed E-state index contributed by atoms with van der Waals surface area (Å²) in [7, 11) is 0. The number of aliphatic hydroxyl groups excluding tert-OH is 1. The first-order valence-corrected chi connectivity index (χ1v) is 7.31. The van der Waals surface area contributed by atoms with Crippen molar-refractivity contribution in [3.8, 4) is 5.75 Å². The van der Waals surface area contributed by atoms with Gasteiger partial charge in [-0.1, -0.05) is 18.2 Å². The largest absolute Gasteiger partial charge is 0.491 e. The molecule has 0 aliphatic heterocycles. The van der Waals surface area contributed by atoms with Gasteiger partial charge in [0.15, 0.2) is 0 Å². The molecule has 23 heavy (non-hydrogen) atoms. The molecule has 3 aromatic rings. The number of hydrogen-bond donors (Lipinski definition) is 3. The Labute approximate surface area is 133 Å². The van der Waals surface area contributed by atoms with Crippen LogP contribution in [0.3, 0.4) is 0 Å². The molecule has 1 heterocycles. The van der Waals surface area contributed by atoms with Gasteiger partial charge in [-0.2, -0.15) is 5.10 Å². The second-order valence-corrected chi connectivity index (χ2v) is 5.03. The summed E-state index contributed by atoms with van der Waals surface area (Å²) in [6.45, 7) is 0.525. The van der Waals surface area contributed by atoms with E-state index in [2.05, 4.69) is 15.5 Å². The number of hydrogen-bond acceptors (Lipinski definition) is 4. The number of aromatic nitrogens is 2. The number of aliphatic hydroxyl groups is 1. The fraction of sp³-hybridized carbons (Fsp3) is 0.176. The molecule has 0 atom stereocenters. The van der Waals surface area contributed by atoms with Gasteiger partial charge in [-0.3, -0.25) is 9.89 Å². The number of amides is 1. The second kappa shape index (κ2) is 6.93. The number of benzene rings is 2. The van der Waals surface area contributed by atoms with Crippen LogP contribution in [-0.4, -0.2) is 34.4 Å². The SMILES string of the molecule is O=C(NCc1ccccc1OCCO)c1ccc2[nH]ncc2c1. The summed E-state index contributed by atoms with van der Waals surface area (Å²) >= 11 is 0. The van der Waals surface area contributed by atoms with Crippen molar-refractivity contribution in [2.75, 3.05) is 13.2 Å². The number of ether oxygens (including phenoxy) is 1. The molecule has 2 aromatic carbocycles. The molecule has 118 valence electrons. The lowest BCUT2D eigenvalue weighted by Gasteiger charge is -2.11. The van der Waals surface area contributed by atoms with Gasteiger partial charge in [0, 0.05) is 23.1 Å². The Bertz CT molecular complexity index is 813. The zero-order valence-electron chi connectivity index (χ0n) is 12.5. The molecule has 0 aliphatic rings. The summed E-state index contributed by atoms with van der Waals surface area (Å²) in [6, 6.07) is 12.8. The number of rotatable bonds is 6. The van der Waals surface area contributed by atoms with Crippen molar-refractivity contribution in [1.29, 1.82) is 0 Å². The van der Waals surface area contributed by atoms with Crippen molar-refractivity contribution in [2.45, 2.75) is 6.54 Å². The lowest BCUT2D eigenvalue weighted by molar-refractivity contribution is 0.0950. The quantitative estimate of drug-likeness (QED) is 0.648. The third-order valence-electron chi connectivity index (χ3n) is 3.46. The predicted octanol–water partition coefficient (Wildman–Crippen LogP) is 1.86. The van der Waals surface area contributed by atoms with E-state index in [-0.39, 0.29) is 19.1 Å². The fourth-order valence-corrected chi connectivity index (χ4v) is 2.31. The summed E-state index contributed by atoms with van der Waals surface area (Å²) in [4.78, 5) is 12.3. The van der Waals surface area contributed by atoms with Crippen LogP contribution in [0, 0.1) is 0 Å². The van der Waals surface area contributed by atoms with Crippen LogP contribution in [0.1, 0.15) is 15.9 Å². The van der Waals surface area contributed by atoms with Gasteiger partial charge >= 0.3 is 0 Å². The second-order valence-electron chi connectivity index (χ2n) is 5.03. The van der Waals surface area contributed by atoms with Crippen LogP contribution < -0.4 is 10.1 Å². The Hall–Kier alpha value is -2.86. The molecule has 3 rings (SSSR count). The van der Waals surface area contributed by atoms with Crippen molar-refractivity contribution in [1.82, 2.24) is 15.5 Å². The highest BCUT2D eigenvalue weighted by Crippen LogP contribution is 2.18. The molecule has 0 bridgehead atoms. The van der Waals surface area contributed by atoms with Crippen LogP contribution in [0.15, 0.2) is 48.7 Å². The van der Waals surface area contributed by atoms with Crippen LogP contribution in [0.25, 0.3) is 10.9 Å². The van der Waals surface area contributed by atoms with Crippen LogP contribution in [0.2, 0.25) is 0 Å². The number of nitrogens with zero attached hydrogens (tertiary/aromatic N) is 1. The van der Waals surface area contributed by atoms with Gasteiger partial charge in [0.2, 0.25) is 0 Å². The summed E-state index contributed by atoms with van der Waals surface area (Å²) in [5.74, 6) is 0.497. The Balaban J connectivity index is 1.69. The van der Waals surface area contributed by atoms with E-state index in [9.17, 15) is 4.79 Å². The maximum Gasteiger partial charge on any atom is 0.251 e. The summed E-state index contributed by atoms with van der Waals surface area (Å²) in [6.07, 6.45) is 1.68. The highest BCUT2D eigenvalue weighted by molar-refractivity contribution is 5.97. The lowest BCUT2D eigenvalue weighted by Crippen LogP contribution is -2.23. The first-order chi connectivity index (χ1) is 11.3. The molecule has 0 unspecified atom stereocenters. The van der Waals surface area contributed by atoms with E-state index in [1.54, 1.807) is 18.3 Å². The summed E-state index contributed by atoms with van der Waals surface area (Å²) in [5.41, 5.74) is 2.33. The van der Waals surface area contributed by atoms with E-state index in [4.69, 9.17) is 9.84 Å². The molecule has 1 amide bonds. The summed E-state index contributed by atoms with van der Waals surface area (Å²) in [5, 5.41) is 19.4. The van der Waals surface area contributed by atoms with Crippen LogP contribution >= 0.6 is 0 Å². The van der Waals surface area contributed by atoms with Gasteiger partial charge in [-0.05, 0) is 24.3 Å². The van der Waals surface area contributed by atoms with Crippen molar-refractivity contribution in [2.24, 2.45) is 0 Å². The standard InChI is InChI=1S/C17H17N3O3/c21-7-8-23-16-4-2-1-3-13(16)10-18-17(22)12-5-6-15-14(9-12)11-19-20-15/h1-6,9,11,21H,7-8,10H2,(H,18,22)(H,19,20). The lowest BCUT2D eigenvalue weighted by atomic mass is 10.1. The van der Waals surface area contributed by atoms with Crippen molar-refractivity contribution in [3.63, 3.8) is 0 Å². The Morgan fingerprint density at radius 3 is 3.00 bits per heavy atom. The average Bonchev–Trinajstić information content (AvgIpc) is 3.06. The zero-order valence-corrected chi connectivity index (χ0v) is 12.5. The van der Waals surface area contributed by atoms with E-state index in [1.165, 1.54) is 0 Å². The van der Waals surface area contributed by atoms with E-state index in [0.717, 1.165) is 16.5 Å². The minimum Gasteiger partial charge on any atom is -0.491 e. The minimum atomic E-state index is -0.162. The number of nitrogens with one attached hydrogen (secondary N) is 2. The van der Waals surface area contributed by atoms with Crippen LogP contribution in [0.4, 0.5) is 0 Å². The molecule has 6 nitrogen and oxygen atoms in total. The molecule has 0 saturated heterocycles. The number of carbonyl (C=O) groups excluding carboxylic acids is 1. The Morgan fingerprint density at radius 1 is 1.26 bits per heavy atom. The number of H-pyrrole nitrogens is 1. The first-order valence-electron chi connectivity index (χ1n) is 7.31. The van der Waals surface area contributed by atoms with Gasteiger partial charge < -0.3 is 15.2 Å². The Kier molecular flexibility index (Phi) is 4.54. The van der Waals surface area contributed by atoms with Gasteiger partial charge in [0.05, 0.1) is 18.3 Å². The Morgan fingerprint density at radius 2 is 2.13 bits per heavy atom. The molecule has 0 aliphatic carbocycles. The molecular weight excluding hydrogens is 294 g/mol. The van der Waals surface area contributed by atoms with Gasteiger partial charge in [0.25, 0.3) is 5.91 Å². The van der Waals surface area contributed by atoms with Gasteiger partial charge in [-0.25, -0.2) is 0 Å².